The summed E-state index contributed by atoms with van der Waals surface area (Å²) in [5.74, 6) is 0.486. The summed E-state index contributed by atoms with van der Waals surface area (Å²) < 4.78 is 44.5. The molecule has 0 aliphatic carbocycles. The van der Waals surface area contributed by atoms with E-state index in [1.807, 2.05) is 6.92 Å². The van der Waals surface area contributed by atoms with E-state index in [4.69, 9.17) is 16.7 Å². The van der Waals surface area contributed by atoms with Crippen molar-refractivity contribution in [1.82, 2.24) is 15.0 Å². The van der Waals surface area contributed by atoms with Gasteiger partial charge in [0.1, 0.15) is 4.32 Å². The molecule has 0 N–H and O–H groups in total. The van der Waals surface area contributed by atoms with Gasteiger partial charge < -0.3 is 9.42 Å². The number of thiocarbonyl (C=S) groups is 1. The zero-order valence-corrected chi connectivity index (χ0v) is 15.0. The molecule has 0 spiro atoms. The number of aromatic nitrogens is 2. The highest BCUT2D eigenvalue weighted by molar-refractivity contribution is 8.23. The first-order valence-corrected chi connectivity index (χ1v) is 9.10. The van der Waals surface area contributed by atoms with Gasteiger partial charge in [0.2, 0.25) is 11.7 Å². The number of rotatable bonds is 3. The van der Waals surface area contributed by atoms with Gasteiger partial charge in [-0.05, 0) is 31.9 Å². The van der Waals surface area contributed by atoms with Crippen LogP contribution in [0.3, 0.4) is 0 Å². The second-order valence-corrected chi connectivity index (χ2v) is 7.73. The predicted molar refractivity (Wildman–Crippen MR) is 94.1 cm³/mol. The maximum absolute atomic E-state index is 12.8. The van der Waals surface area contributed by atoms with Gasteiger partial charge in [-0.25, -0.2) is 0 Å². The minimum atomic E-state index is -4.41. The third kappa shape index (κ3) is 4.33. The van der Waals surface area contributed by atoms with Crippen LogP contribution in [0.2, 0.25) is 0 Å². The molecule has 2 aromatic rings. The van der Waals surface area contributed by atoms with Crippen LogP contribution in [0.5, 0.6) is 0 Å². The molecule has 1 saturated heterocycles. The number of likely N-dealkylation sites (tertiary alicyclic amines) is 1. The summed E-state index contributed by atoms with van der Waals surface area (Å²) >= 11 is 6.87. The van der Waals surface area contributed by atoms with Gasteiger partial charge in [-0.2, -0.15) is 18.2 Å². The maximum atomic E-state index is 12.8. The first-order chi connectivity index (χ1) is 11.8. The van der Waals surface area contributed by atoms with Crippen LogP contribution in [0.25, 0.3) is 11.4 Å². The minimum absolute atomic E-state index is 0.139. The van der Waals surface area contributed by atoms with Crippen molar-refractivity contribution in [3.05, 3.63) is 35.7 Å². The molecule has 2 heterocycles. The van der Waals surface area contributed by atoms with Crippen molar-refractivity contribution in [2.45, 2.75) is 31.2 Å². The van der Waals surface area contributed by atoms with Crippen molar-refractivity contribution in [2.75, 3.05) is 13.1 Å². The van der Waals surface area contributed by atoms with E-state index in [9.17, 15) is 13.2 Å². The fraction of sp³-hybridized carbons (Fsp3) is 0.438. The number of alkyl halides is 3. The molecule has 1 aromatic heterocycles. The van der Waals surface area contributed by atoms with Gasteiger partial charge in [-0.3, -0.25) is 0 Å². The van der Waals surface area contributed by atoms with Crippen LogP contribution < -0.4 is 0 Å². The van der Waals surface area contributed by atoms with Crippen LogP contribution in [0, 0.1) is 0 Å². The van der Waals surface area contributed by atoms with Crippen molar-refractivity contribution in [3.63, 3.8) is 0 Å². The van der Waals surface area contributed by atoms with Crippen molar-refractivity contribution >= 4 is 28.3 Å². The molecule has 1 atom stereocenters. The largest absolute Gasteiger partial charge is 0.416 e. The zero-order chi connectivity index (χ0) is 18.0. The molecule has 1 fully saturated rings. The Kier molecular flexibility index (Phi) is 5.33. The van der Waals surface area contributed by atoms with Crippen LogP contribution in [-0.2, 0) is 6.18 Å². The van der Waals surface area contributed by atoms with Gasteiger partial charge in [0.05, 0.1) is 10.8 Å². The number of hydrogen-bond donors (Lipinski definition) is 0. The minimum Gasteiger partial charge on any atom is -0.358 e. The van der Waals surface area contributed by atoms with Crippen LogP contribution >= 0.6 is 24.0 Å². The van der Waals surface area contributed by atoms with Crippen molar-refractivity contribution < 1.29 is 17.7 Å². The highest BCUT2D eigenvalue weighted by Crippen LogP contribution is 2.34. The van der Waals surface area contributed by atoms with Crippen molar-refractivity contribution in [3.8, 4) is 11.4 Å². The Morgan fingerprint density at radius 1 is 1.32 bits per heavy atom. The van der Waals surface area contributed by atoms with Crippen molar-refractivity contribution in [2.24, 2.45) is 0 Å². The molecule has 9 heteroatoms. The van der Waals surface area contributed by atoms with Crippen LogP contribution in [0.15, 0.2) is 28.8 Å². The Balaban J connectivity index is 1.72. The highest BCUT2D eigenvalue weighted by atomic mass is 32.2. The third-order valence-electron chi connectivity index (χ3n) is 3.88. The molecule has 4 nitrogen and oxygen atoms in total. The zero-order valence-electron chi connectivity index (χ0n) is 13.4. The third-order valence-corrected chi connectivity index (χ3v) is 5.44. The second kappa shape index (κ2) is 7.33. The Bertz CT molecular complexity index is 757. The van der Waals surface area contributed by atoms with E-state index < -0.39 is 11.7 Å². The van der Waals surface area contributed by atoms with Gasteiger partial charge in [-0.1, -0.05) is 41.3 Å². The van der Waals surface area contributed by atoms with Gasteiger partial charge in [0.15, 0.2) is 0 Å². The monoisotopic (exact) mass is 387 g/mol. The number of thioether (sulfide) groups is 1. The van der Waals surface area contributed by atoms with Crippen LogP contribution in [0.1, 0.15) is 36.5 Å². The summed E-state index contributed by atoms with van der Waals surface area (Å²) in [4.78, 5) is 6.38. The quantitative estimate of drug-likeness (QED) is 0.696. The highest BCUT2D eigenvalue weighted by Gasteiger charge is 2.31. The molecule has 25 heavy (non-hydrogen) atoms. The number of hydrogen-bond acceptors (Lipinski definition) is 5. The first kappa shape index (κ1) is 18.2. The van der Waals surface area contributed by atoms with E-state index in [0.29, 0.717) is 5.89 Å². The summed E-state index contributed by atoms with van der Waals surface area (Å²) in [7, 11) is 0. The Morgan fingerprint density at radius 3 is 2.72 bits per heavy atom. The smallest absolute Gasteiger partial charge is 0.358 e. The lowest BCUT2D eigenvalue weighted by atomic mass is 10.1. The summed E-state index contributed by atoms with van der Waals surface area (Å²) in [6.45, 7) is 3.80. The lowest BCUT2D eigenvalue weighted by Crippen LogP contribution is -2.23. The average molecular weight is 387 g/mol. The van der Waals surface area contributed by atoms with Gasteiger partial charge in [0, 0.05) is 18.7 Å². The predicted octanol–water partition coefficient (Wildman–Crippen LogP) is 4.93. The molecule has 0 radical (unpaired) electrons. The van der Waals surface area contributed by atoms with E-state index in [-0.39, 0.29) is 16.6 Å². The molecule has 1 aliphatic heterocycles. The number of halogens is 3. The maximum Gasteiger partial charge on any atom is 0.416 e. The molecular weight excluding hydrogens is 371 g/mol. The lowest BCUT2D eigenvalue weighted by Gasteiger charge is -2.19. The van der Waals surface area contributed by atoms with Gasteiger partial charge >= 0.3 is 6.18 Å². The van der Waals surface area contributed by atoms with E-state index in [1.54, 1.807) is 0 Å². The average Bonchev–Trinajstić information content (AvgIpc) is 3.26. The Labute approximate surface area is 152 Å². The lowest BCUT2D eigenvalue weighted by molar-refractivity contribution is -0.137. The van der Waals surface area contributed by atoms with E-state index >= 15 is 0 Å². The number of benzene rings is 1. The number of nitrogens with zero attached hydrogens (tertiary/aromatic N) is 3. The van der Waals surface area contributed by atoms with Gasteiger partial charge in [-0.15, -0.1) is 0 Å². The molecule has 3 rings (SSSR count). The standard InChI is InChI=1S/C16H16F3N3OS2/c1-10(25-15(24)22-7-2-3-8-22)14-20-13(21-23-14)11-5-4-6-12(9-11)16(17,18)19/h4-6,9-10H,2-3,7-8H2,1H3/t10-/m1/s1. The fourth-order valence-electron chi connectivity index (χ4n) is 2.53. The van der Waals surface area contributed by atoms with Crippen molar-refractivity contribution in [1.29, 1.82) is 0 Å². The van der Waals surface area contributed by atoms with E-state index in [0.717, 1.165) is 42.4 Å². The SMILES string of the molecule is C[C@@H](SC(=S)N1CCCC1)c1nc(-c2cccc(C(F)(F)F)c2)no1. The Morgan fingerprint density at radius 2 is 2.04 bits per heavy atom. The Hall–Kier alpha value is -1.61. The second-order valence-electron chi connectivity index (χ2n) is 5.75. The molecule has 0 saturated carbocycles. The van der Waals surface area contributed by atoms with Gasteiger partial charge in [0.25, 0.3) is 0 Å². The van der Waals surface area contributed by atoms with Crippen LogP contribution in [0.4, 0.5) is 13.2 Å². The molecular formula is C16H16F3N3OS2. The fourth-order valence-corrected chi connectivity index (χ4v) is 3.97. The molecule has 0 amide bonds. The first-order valence-electron chi connectivity index (χ1n) is 7.81. The summed E-state index contributed by atoms with van der Waals surface area (Å²) in [5, 5.41) is 3.65. The molecule has 0 unspecified atom stereocenters. The van der Waals surface area contributed by atoms with E-state index in [2.05, 4.69) is 15.0 Å². The molecule has 134 valence electrons. The molecule has 1 aromatic carbocycles. The summed E-state index contributed by atoms with van der Waals surface area (Å²) in [6, 6.07) is 4.88. The van der Waals surface area contributed by atoms with Crippen LogP contribution in [-0.4, -0.2) is 32.5 Å². The topological polar surface area (TPSA) is 42.2 Å². The summed E-state index contributed by atoms with van der Waals surface area (Å²) in [5.41, 5.74) is -0.474. The molecule has 1 aliphatic rings. The molecule has 0 bridgehead atoms. The summed E-state index contributed by atoms with van der Waals surface area (Å²) in [6.07, 6.45) is -2.14. The normalized spacial score (nSPS) is 16.2. The van der Waals surface area contributed by atoms with E-state index in [1.165, 1.54) is 23.9 Å².